The van der Waals surface area contributed by atoms with Gasteiger partial charge in [0.25, 0.3) is 11.8 Å². The number of hydrogen-bond donors (Lipinski definition) is 2. The number of carbonyl (C=O) groups is 3. The number of amides is 2. The van der Waals surface area contributed by atoms with Crippen molar-refractivity contribution in [1.82, 2.24) is 5.32 Å². The van der Waals surface area contributed by atoms with Crippen molar-refractivity contribution in [2.24, 2.45) is 0 Å². The number of rotatable bonds is 11. The molecular weight excluding hydrogens is 472 g/mol. The number of nitrogens with one attached hydrogen (secondary N) is 2. The van der Waals surface area contributed by atoms with Gasteiger partial charge in [0, 0.05) is 23.8 Å². The van der Waals surface area contributed by atoms with Crippen LogP contribution in [0.25, 0.3) is 0 Å². The van der Waals surface area contributed by atoms with Crippen molar-refractivity contribution in [2.45, 2.75) is 0 Å². The van der Waals surface area contributed by atoms with Crippen LogP contribution in [0, 0.1) is 0 Å². The summed E-state index contributed by atoms with van der Waals surface area (Å²) in [5.41, 5.74) is 0.807. The van der Waals surface area contributed by atoms with Gasteiger partial charge in [-0.1, -0.05) is 15.9 Å². The molecule has 2 aromatic carbocycles. The van der Waals surface area contributed by atoms with E-state index in [0.29, 0.717) is 18.8 Å². The number of ether oxygens (including phenoxy) is 4. The Morgan fingerprint density at radius 3 is 2.35 bits per heavy atom. The fraction of sp³-hybridized carbons (Fsp3) is 0.286. The zero-order valence-corrected chi connectivity index (χ0v) is 18.7. The smallest absolute Gasteiger partial charge is 0.338 e. The van der Waals surface area contributed by atoms with E-state index in [1.54, 1.807) is 24.3 Å². The first kappa shape index (κ1) is 24.2. The van der Waals surface area contributed by atoms with Gasteiger partial charge in [0.05, 0.1) is 19.3 Å². The van der Waals surface area contributed by atoms with Gasteiger partial charge in [0.15, 0.2) is 24.7 Å². The summed E-state index contributed by atoms with van der Waals surface area (Å²) < 4.78 is 21.4. The van der Waals surface area contributed by atoms with Crippen LogP contribution in [0.3, 0.4) is 0 Å². The minimum atomic E-state index is -0.695. The zero-order chi connectivity index (χ0) is 22.6. The molecule has 0 aliphatic heterocycles. The van der Waals surface area contributed by atoms with Crippen LogP contribution in [-0.4, -0.2) is 58.4 Å². The van der Waals surface area contributed by atoms with Crippen LogP contribution in [-0.2, 0) is 19.1 Å². The number of carbonyl (C=O) groups excluding carboxylic acids is 3. The fourth-order valence-electron chi connectivity index (χ4n) is 2.35. The van der Waals surface area contributed by atoms with Gasteiger partial charge in [0.1, 0.15) is 0 Å². The van der Waals surface area contributed by atoms with Crippen LogP contribution in [0.1, 0.15) is 10.4 Å². The molecule has 2 aromatic rings. The number of benzene rings is 2. The van der Waals surface area contributed by atoms with Crippen molar-refractivity contribution >= 4 is 39.4 Å². The molecule has 9 nitrogen and oxygen atoms in total. The van der Waals surface area contributed by atoms with Crippen LogP contribution < -0.4 is 20.1 Å². The second-order valence-electron chi connectivity index (χ2n) is 6.13. The minimum Gasteiger partial charge on any atom is -0.493 e. The molecule has 2 amide bonds. The Morgan fingerprint density at radius 1 is 0.935 bits per heavy atom. The third-order valence-electron chi connectivity index (χ3n) is 3.85. The molecule has 2 N–H and O–H groups in total. The molecule has 10 heteroatoms. The van der Waals surface area contributed by atoms with Gasteiger partial charge < -0.3 is 29.6 Å². The number of anilines is 1. The predicted octanol–water partition coefficient (Wildman–Crippen LogP) is 2.39. The molecule has 0 bridgehead atoms. The Kier molecular flexibility index (Phi) is 9.79. The number of halogens is 1. The summed E-state index contributed by atoms with van der Waals surface area (Å²) in [6.07, 6.45) is 0. The molecule has 0 fully saturated rings. The molecule has 0 atom stereocenters. The first-order valence-electron chi connectivity index (χ1n) is 9.22. The van der Waals surface area contributed by atoms with Crippen molar-refractivity contribution < 1.29 is 33.3 Å². The molecule has 0 saturated carbocycles. The maximum atomic E-state index is 12.2. The molecule has 0 saturated heterocycles. The predicted molar refractivity (Wildman–Crippen MR) is 116 cm³/mol. The zero-order valence-electron chi connectivity index (χ0n) is 17.1. The van der Waals surface area contributed by atoms with Crippen LogP contribution in [0.2, 0.25) is 0 Å². The third kappa shape index (κ3) is 8.27. The lowest BCUT2D eigenvalue weighted by molar-refractivity contribution is -0.124. The highest BCUT2D eigenvalue weighted by Crippen LogP contribution is 2.28. The standard InChI is InChI=1S/C21H23BrN2O7/c1-28-10-9-23-19(25)12-31-21(27)14-3-8-17(18(11-14)29-2)30-13-20(26)24-16-6-4-15(22)5-7-16/h3-8,11H,9-10,12-13H2,1-2H3,(H,23,25)(H,24,26). The van der Waals surface area contributed by atoms with E-state index in [0.717, 1.165) is 4.47 Å². The number of methoxy groups -OCH3 is 2. The highest BCUT2D eigenvalue weighted by Gasteiger charge is 2.15. The number of esters is 1. The molecule has 0 spiro atoms. The first-order chi connectivity index (χ1) is 14.9. The van der Waals surface area contributed by atoms with E-state index < -0.39 is 18.5 Å². The Labute approximate surface area is 188 Å². The second kappa shape index (κ2) is 12.6. The monoisotopic (exact) mass is 494 g/mol. The van der Waals surface area contributed by atoms with E-state index in [2.05, 4.69) is 26.6 Å². The largest absolute Gasteiger partial charge is 0.493 e. The average Bonchev–Trinajstić information content (AvgIpc) is 2.77. The quantitative estimate of drug-likeness (QED) is 0.364. The van der Waals surface area contributed by atoms with Gasteiger partial charge in [-0.15, -0.1) is 0 Å². The van der Waals surface area contributed by atoms with Gasteiger partial charge in [-0.2, -0.15) is 0 Å². The Morgan fingerprint density at radius 2 is 1.68 bits per heavy atom. The van der Waals surface area contributed by atoms with Gasteiger partial charge in [-0.25, -0.2) is 4.79 Å². The molecule has 0 aliphatic carbocycles. The Balaban J connectivity index is 1.88. The summed E-state index contributed by atoms with van der Waals surface area (Å²) in [5.74, 6) is -0.959. The lowest BCUT2D eigenvalue weighted by Crippen LogP contribution is -2.31. The summed E-state index contributed by atoms with van der Waals surface area (Å²) in [5, 5.41) is 5.25. The van der Waals surface area contributed by atoms with Crippen molar-refractivity contribution in [1.29, 1.82) is 0 Å². The Bertz CT molecular complexity index is 903. The van der Waals surface area contributed by atoms with Crippen molar-refractivity contribution in [3.05, 3.63) is 52.5 Å². The number of hydrogen-bond acceptors (Lipinski definition) is 7. The van der Waals surface area contributed by atoms with E-state index in [1.807, 2.05) is 0 Å². The van der Waals surface area contributed by atoms with E-state index in [-0.39, 0.29) is 29.6 Å². The van der Waals surface area contributed by atoms with Gasteiger partial charge in [-0.05, 0) is 42.5 Å². The molecule has 31 heavy (non-hydrogen) atoms. The third-order valence-corrected chi connectivity index (χ3v) is 4.38. The molecule has 0 aromatic heterocycles. The molecule has 0 aliphatic rings. The molecule has 2 rings (SSSR count). The SMILES string of the molecule is COCCNC(=O)COC(=O)c1ccc(OCC(=O)Nc2ccc(Br)cc2)c(OC)c1. The van der Waals surface area contributed by atoms with Crippen molar-refractivity contribution in [3.8, 4) is 11.5 Å². The summed E-state index contributed by atoms with van der Waals surface area (Å²) >= 11 is 3.33. The highest BCUT2D eigenvalue weighted by atomic mass is 79.9. The normalized spacial score (nSPS) is 10.2. The van der Waals surface area contributed by atoms with Crippen LogP contribution in [0.5, 0.6) is 11.5 Å². The molecule has 166 valence electrons. The fourth-order valence-corrected chi connectivity index (χ4v) is 2.61. The van der Waals surface area contributed by atoms with E-state index in [4.69, 9.17) is 18.9 Å². The van der Waals surface area contributed by atoms with Crippen molar-refractivity contribution in [2.75, 3.05) is 45.9 Å². The van der Waals surface area contributed by atoms with Crippen LogP contribution in [0.15, 0.2) is 46.9 Å². The molecule has 0 heterocycles. The summed E-state index contributed by atoms with van der Waals surface area (Å²) in [7, 11) is 2.92. The van der Waals surface area contributed by atoms with E-state index >= 15 is 0 Å². The maximum absolute atomic E-state index is 12.2. The van der Waals surface area contributed by atoms with Crippen molar-refractivity contribution in [3.63, 3.8) is 0 Å². The minimum absolute atomic E-state index is 0.174. The molecule has 0 radical (unpaired) electrons. The molecular formula is C21H23BrN2O7. The lowest BCUT2D eigenvalue weighted by Gasteiger charge is -2.12. The van der Waals surface area contributed by atoms with Gasteiger partial charge in [0.2, 0.25) is 0 Å². The average molecular weight is 495 g/mol. The topological polar surface area (TPSA) is 112 Å². The van der Waals surface area contributed by atoms with Gasteiger partial charge in [-0.3, -0.25) is 9.59 Å². The van der Waals surface area contributed by atoms with Crippen LogP contribution in [0.4, 0.5) is 5.69 Å². The summed E-state index contributed by atoms with van der Waals surface area (Å²) in [6, 6.07) is 11.5. The van der Waals surface area contributed by atoms with Crippen LogP contribution >= 0.6 is 15.9 Å². The highest BCUT2D eigenvalue weighted by molar-refractivity contribution is 9.10. The maximum Gasteiger partial charge on any atom is 0.338 e. The lowest BCUT2D eigenvalue weighted by atomic mass is 10.2. The van der Waals surface area contributed by atoms with Gasteiger partial charge >= 0.3 is 5.97 Å². The second-order valence-corrected chi connectivity index (χ2v) is 7.04. The van der Waals surface area contributed by atoms with E-state index in [9.17, 15) is 14.4 Å². The molecule has 0 unspecified atom stereocenters. The summed E-state index contributed by atoms with van der Waals surface area (Å²) in [4.78, 5) is 35.8. The van der Waals surface area contributed by atoms with E-state index in [1.165, 1.54) is 32.4 Å². The Hall–Kier alpha value is -3.11. The first-order valence-corrected chi connectivity index (χ1v) is 10.0. The summed E-state index contributed by atoms with van der Waals surface area (Å²) in [6.45, 7) is 0.0127.